The number of hydrogen-bond donors (Lipinski definition) is 3. The van der Waals surface area contributed by atoms with Gasteiger partial charge in [-0.05, 0) is 26.2 Å². The third-order valence-corrected chi connectivity index (χ3v) is 3.12. The summed E-state index contributed by atoms with van der Waals surface area (Å²) in [5, 5.41) is 19.9. The van der Waals surface area contributed by atoms with Crippen molar-refractivity contribution in [3.05, 3.63) is 11.6 Å². The minimum absolute atomic E-state index is 0.125. The Kier molecular flexibility index (Phi) is 9.92. The molecule has 0 rings (SSSR count). The van der Waals surface area contributed by atoms with E-state index in [0.717, 1.165) is 32.1 Å². The molecule has 1 atom stereocenters. The van der Waals surface area contributed by atoms with Crippen molar-refractivity contribution >= 4 is 17.8 Å². The Bertz CT molecular complexity index is 390. The lowest BCUT2D eigenvalue weighted by molar-refractivity contribution is -0.142. The molecule has 0 aromatic carbocycles. The fraction of sp³-hybridized carbons (Fsp3) is 0.667. The predicted molar refractivity (Wildman–Crippen MR) is 79.0 cm³/mol. The number of carbonyl (C=O) groups excluding carboxylic acids is 1. The van der Waals surface area contributed by atoms with E-state index in [1.807, 2.05) is 0 Å². The van der Waals surface area contributed by atoms with Crippen LogP contribution in [0, 0.1) is 0 Å². The number of amides is 1. The molecule has 0 saturated carbocycles. The van der Waals surface area contributed by atoms with Crippen LogP contribution >= 0.6 is 0 Å². The topological polar surface area (TPSA) is 104 Å². The van der Waals surface area contributed by atoms with Crippen molar-refractivity contribution in [3.63, 3.8) is 0 Å². The Hall–Kier alpha value is -1.85. The van der Waals surface area contributed by atoms with Crippen LogP contribution in [-0.4, -0.2) is 34.1 Å². The quantitative estimate of drug-likeness (QED) is 0.401. The number of nitrogens with one attached hydrogen (secondary N) is 1. The highest BCUT2D eigenvalue weighted by atomic mass is 16.4. The van der Waals surface area contributed by atoms with Crippen LogP contribution in [0.15, 0.2) is 11.6 Å². The largest absolute Gasteiger partial charge is 0.481 e. The van der Waals surface area contributed by atoms with Crippen LogP contribution in [0.25, 0.3) is 0 Å². The van der Waals surface area contributed by atoms with E-state index in [9.17, 15) is 14.4 Å². The van der Waals surface area contributed by atoms with Crippen LogP contribution in [-0.2, 0) is 14.4 Å². The van der Waals surface area contributed by atoms with Crippen molar-refractivity contribution in [3.8, 4) is 0 Å². The summed E-state index contributed by atoms with van der Waals surface area (Å²) in [5.41, 5.74) is 0.466. The number of rotatable bonds is 11. The maximum absolute atomic E-state index is 11.8. The van der Waals surface area contributed by atoms with Crippen molar-refractivity contribution in [1.29, 1.82) is 0 Å². The lowest BCUT2D eigenvalue weighted by Gasteiger charge is -2.13. The maximum atomic E-state index is 11.8. The van der Waals surface area contributed by atoms with E-state index < -0.39 is 23.9 Å². The average Bonchev–Trinajstić information content (AvgIpc) is 2.42. The van der Waals surface area contributed by atoms with E-state index >= 15 is 0 Å². The molecular formula is C15H25NO5. The summed E-state index contributed by atoms with van der Waals surface area (Å²) in [6.07, 6.45) is 6.57. The second-order valence-corrected chi connectivity index (χ2v) is 5.03. The third-order valence-electron chi connectivity index (χ3n) is 3.12. The van der Waals surface area contributed by atoms with Gasteiger partial charge in [0.2, 0.25) is 5.91 Å². The van der Waals surface area contributed by atoms with Gasteiger partial charge >= 0.3 is 11.9 Å². The monoisotopic (exact) mass is 299 g/mol. The maximum Gasteiger partial charge on any atom is 0.326 e. The highest BCUT2D eigenvalue weighted by Gasteiger charge is 2.21. The number of unbranched alkanes of at least 4 members (excludes halogenated alkanes) is 4. The zero-order chi connectivity index (χ0) is 16.3. The van der Waals surface area contributed by atoms with Gasteiger partial charge in [0.1, 0.15) is 6.04 Å². The van der Waals surface area contributed by atoms with Crippen LogP contribution in [0.4, 0.5) is 0 Å². The van der Waals surface area contributed by atoms with Crippen LogP contribution in [0.1, 0.15) is 58.8 Å². The Labute approximate surface area is 125 Å². The predicted octanol–water partition coefficient (Wildman–Crippen LogP) is 2.34. The van der Waals surface area contributed by atoms with E-state index in [1.165, 1.54) is 0 Å². The van der Waals surface area contributed by atoms with Crippen molar-refractivity contribution in [2.45, 2.75) is 64.8 Å². The second kappa shape index (κ2) is 10.9. The molecule has 21 heavy (non-hydrogen) atoms. The van der Waals surface area contributed by atoms with Crippen molar-refractivity contribution in [2.24, 2.45) is 0 Å². The molecular weight excluding hydrogens is 274 g/mol. The van der Waals surface area contributed by atoms with E-state index in [-0.39, 0.29) is 12.8 Å². The summed E-state index contributed by atoms with van der Waals surface area (Å²) in [5.74, 6) is -2.76. The Morgan fingerprint density at radius 2 is 1.81 bits per heavy atom. The van der Waals surface area contributed by atoms with Gasteiger partial charge in [0.25, 0.3) is 0 Å². The number of carboxylic acids is 2. The highest BCUT2D eigenvalue weighted by Crippen LogP contribution is 2.06. The van der Waals surface area contributed by atoms with E-state index in [0.29, 0.717) is 5.57 Å². The summed E-state index contributed by atoms with van der Waals surface area (Å²) in [6.45, 7) is 3.75. The molecule has 1 amide bonds. The highest BCUT2D eigenvalue weighted by molar-refractivity contribution is 5.95. The first-order chi connectivity index (χ1) is 9.88. The molecule has 0 aliphatic rings. The molecule has 6 nitrogen and oxygen atoms in total. The van der Waals surface area contributed by atoms with Crippen LogP contribution in [0.3, 0.4) is 0 Å². The van der Waals surface area contributed by atoms with Gasteiger partial charge in [0, 0.05) is 12.0 Å². The molecule has 3 N–H and O–H groups in total. The first kappa shape index (κ1) is 19.1. The van der Waals surface area contributed by atoms with Gasteiger partial charge in [-0.1, -0.05) is 32.3 Å². The van der Waals surface area contributed by atoms with Gasteiger partial charge in [0.05, 0.1) is 0 Å². The molecule has 0 aliphatic carbocycles. The summed E-state index contributed by atoms with van der Waals surface area (Å²) < 4.78 is 0. The number of hydrogen-bond acceptors (Lipinski definition) is 3. The van der Waals surface area contributed by atoms with Gasteiger partial charge in [0.15, 0.2) is 0 Å². The summed E-state index contributed by atoms with van der Waals surface area (Å²) in [7, 11) is 0. The number of carboxylic acid groups (broad SMARTS) is 2. The van der Waals surface area contributed by atoms with E-state index in [2.05, 4.69) is 12.2 Å². The molecule has 0 aromatic rings. The first-order valence-electron chi connectivity index (χ1n) is 7.30. The number of aliphatic carboxylic acids is 2. The van der Waals surface area contributed by atoms with Crippen molar-refractivity contribution in [2.75, 3.05) is 0 Å². The molecule has 6 heteroatoms. The first-order valence-corrected chi connectivity index (χ1v) is 7.30. The molecule has 0 unspecified atom stereocenters. The molecule has 0 bridgehead atoms. The zero-order valence-electron chi connectivity index (χ0n) is 12.7. The molecule has 0 fully saturated rings. The van der Waals surface area contributed by atoms with Crippen LogP contribution < -0.4 is 5.32 Å². The molecule has 0 heterocycles. The minimum atomic E-state index is -1.22. The summed E-state index contributed by atoms with van der Waals surface area (Å²) in [4.78, 5) is 33.3. The number of allylic oxidation sites excluding steroid dienone is 1. The van der Waals surface area contributed by atoms with Crippen LogP contribution in [0.2, 0.25) is 0 Å². The number of carbonyl (C=O) groups is 3. The molecule has 0 saturated heterocycles. The van der Waals surface area contributed by atoms with Crippen molar-refractivity contribution in [1.82, 2.24) is 5.32 Å². The molecule has 0 radical (unpaired) electrons. The van der Waals surface area contributed by atoms with Gasteiger partial charge in [-0.3, -0.25) is 9.59 Å². The lowest BCUT2D eigenvalue weighted by Crippen LogP contribution is -2.41. The molecule has 0 aliphatic heterocycles. The van der Waals surface area contributed by atoms with E-state index in [1.54, 1.807) is 13.0 Å². The van der Waals surface area contributed by atoms with Gasteiger partial charge in [-0.25, -0.2) is 4.79 Å². The third kappa shape index (κ3) is 9.65. The fourth-order valence-corrected chi connectivity index (χ4v) is 1.78. The Morgan fingerprint density at radius 1 is 1.14 bits per heavy atom. The zero-order valence-corrected chi connectivity index (χ0v) is 12.7. The average molecular weight is 299 g/mol. The minimum Gasteiger partial charge on any atom is -0.481 e. The second-order valence-electron chi connectivity index (χ2n) is 5.03. The van der Waals surface area contributed by atoms with E-state index in [4.69, 9.17) is 10.2 Å². The SMILES string of the molecule is CCCCCCC=C(C)C(=O)N[C@@H](CCC(=O)O)C(=O)O. The standard InChI is InChI=1S/C15H25NO5/c1-3-4-5-6-7-8-11(2)14(19)16-12(15(20)21)9-10-13(17)18/h8,12H,3-7,9-10H2,1-2H3,(H,16,19)(H,17,18)(H,20,21)/t12-/m0/s1. The van der Waals surface area contributed by atoms with Crippen molar-refractivity contribution < 1.29 is 24.6 Å². The fourth-order valence-electron chi connectivity index (χ4n) is 1.78. The lowest BCUT2D eigenvalue weighted by atomic mass is 10.1. The van der Waals surface area contributed by atoms with Crippen LogP contribution in [0.5, 0.6) is 0 Å². The normalized spacial score (nSPS) is 12.8. The molecule has 0 aromatic heterocycles. The van der Waals surface area contributed by atoms with Gasteiger partial charge < -0.3 is 15.5 Å². The summed E-state index contributed by atoms with van der Waals surface area (Å²) in [6, 6.07) is -1.17. The van der Waals surface area contributed by atoms with Gasteiger partial charge in [-0.15, -0.1) is 0 Å². The summed E-state index contributed by atoms with van der Waals surface area (Å²) >= 11 is 0. The smallest absolute Gasteiger partial charge is 0.326 e. The van der Waals surface area contributed by atoms with Gasteiger partial charge in [-0.2, -0.15) is 0 Å². The Morgan fingerprint density at radius 3 is 2.33 bits per heavy atom. The molecule has 120 valence electrons. The molecule has 0 spiro atoms. The Balaban J connectivity index is 4.30.